The third-order valence-electron chi connectivity index (χ3n) is 3.23. The second kappa shape index (κ2) is 5.36. The first-order chi connectivity index (χ1) is 8.97. The van der Waals surface area contributed by atoms with Crippen molar-refractivity contribution in [3.63, 3.8) is 0 Å². The molecule has 4 nitrogen and oxygen atoms in total. The number of hydrogen-bond donors (Lipinski definition) is 1. The van der Waals surface area contributed by atoms with Gasteiger partial charge in [0.2, 0.25) is 0 Å². The number of hydrogen-bond acceptors (Lipinski definition) is 3. The summed E-state index contributed by atoms with van der Waals surface area (Å²) in [6.45, 7) is 6.20. The van der Waals surface area contributed by atoms with E-state index in [4.69, 9.17) is 5.73 Å². The minimum Gasteiger partial charge on any atom is -0.322 e. The molecule has 1 atom stereocenters. The van der Waals surface area contributed by atoms with Crippen molar-refractivity contribution < 1.29 is 0 Å². The van der Waals surface area contributed by atoms with E-state index in [-0.39, 0.29) is 11.7 Å². The molecule has 0 aliphatic carbocycles. The number of aryl methyl sites for hydroxylation is 3. The van der Waals surface area contributed by atoms with Gasteiger partial charge in [-0.05, 0) is 32.4 Å². The van der Waals surface area contributed by atoms with E-state index in [2.05, 4.69) is 4.98 Å². The molecule has 2 aromatic rings. The number of benzene rings is 1. The molecule has 0 spiro atoms. The Morgan fingerprint density at radius 1 is 1.21 bits per heavy atom. The predicted molar refractivity (Wildman–Crippen MR) is 76.1 cm³/mol. The summed E-state index contributed by atoms with van der Waals surface area (Å²) in [7, 11) is 0. The van der Waals surface area contributed by atoms with E-state index < -0.39 is 0 Å². The molecule has 2 N–H and O–H groups in total. The molecule has 0 amide bonds. The molecule has 0 fully saturated rings. The zero-order valence-corrected chi connectivity index (χ0v) is 11.6. The van der Waals surface area contributed by atoms with E-state index in [1.165, 1.54) is 5.56 Å². The van der Waals surface area contributed by atoms with E-state index in [0.29, 0.717) is 6.54 Å². The van der Waals surface area contributed by atoms with Crippen LogP contribution in [0.5, 0.6) is 0 Å². The summed E-state index contributed by atoms with van der Waals surface area (Å²) in [6, 6.07) is 9.74. The number of rotatable bonds is 3. The van der Waals surface area contributed by atoms with Crippen LogP contribution in [0.2, 0.25) is 0 Å². The summed E-state index contributed by atoms with van der Waals surface area (Å²) in [5, 5.41) is 0. The van der Waals surface area contributed by atoms with Crippen molar-refractivity contribution >= 4 is 0 Å². The number of aromatic nitrogens is 2. The van der Waals surface area contributed by atoms with Gasteiger partial charge in [-0.3, -0.25) is 4.57 Å². The Balaban J connectivity index is 2.26. The fraction of sp³-hybridized carbons (Fsp3) is 0.333. The number of nitrogens with zero attached hydrogens (tertiary/aromatic N) is 2. The lowest BCUT2D eigenvalue weighted by atomic mass is 10.1. The summed E-state index contributed by atoms with van der Waals surface area (Å²) in [6.07, 6.45) is 0. The van der Waals surface area contributed by atoms with Crippen molar-refractivity contribution in [2.24, 2.45) is 5.73 Å². The molecule has 19 heavy (non-hydrogen) atoms. The largest absolute Gasteiger partial charge is 0.348 e. The third kappa shape index (κ3) is 3.09. The summed E-state index contributed by atoms with van der Waals surface area (Å²) >= 11 is 0. The molecular formula is C15H19N3O. The van der Waals surface area contributed by atoms with Gasteiger partial charge in [0.1, 0.15) is 0 Å². The fourth-order valence-electron chi connectivity index (χ4n) is 2.11. The second-order valence-corrected chi connectivity index (χ2v) is 4.95. The van der Waals surface area contributed by atoms with E-state index in [9.17, 15) is 4.79 Å². The predicted octanol–water partition coefficient (Wildman–Crippen LogP) is 1.87. The fourth-order valence-corrected chi connectivity index (χ4v) is 2.11. The Labute approximate surface area is 112 Å². The molecule has 1 unspecified atom stereocenters. The van der Waals surface area contributed by atoms with Crippen molar-refractivity contribution in [3.8, 4) is 0 Å². The molecule has 0 radical (unpaired) electrons. The first-order valence-corrected chi connectivity index (χ1v) is 6.34. The highest BCUT2D eigenvalue weighted by molar-refractivity contribution is 5.24. The molecular weight excluding hydrogens is 238 g/mol. The maximum absolute atomic E-state index is 11.9. The van der Waals surface area contributed by atoms with Gasteiger partial charge in [-0.2, -0.15) is 4.98 Å². The molecule has 0 aliphatic heterocycles. The smallest absolute Gasteiger partial charge is 0.322 e. The van der Waals surface area contributed by atoms with Gasteiger partial charge in [-0.1, -0.05) is 29.8 Å². The van der Waals surface area contributed by atoms with Crippen LogP contribution in [-0.2, 0) is 6.54 Å². The summed E-state index contributed by atoms with van der Waals surface area (Å²) in [5.74, 6) is 0. The van der Waals surface area contributed by atoms with Crippen LogP contribution in [0.4, 0.5) is 0 Å². The van der Waals surface area contributed by atoms with Gasteiger partial charge in [-0.15, -0.1) is 0 Å². The van der Waals surface area contributed by atoms with Crippen LogP contribution in [0.1, 0.15) is 28.6 Å². The van der Waals surface area contributed by atoms with Crippen molar-refractivity contribution in [3.05, 3.63) is 63.3 Å². The summed E-state index contributed by atoms with van der Waals surface area (Å²) in [4.78, 5) is 15.8. The Morgan fingerprint density at radius 3 is 2.42 bits per heavy atom. The van der Waals surface area contributed by atoms with E-state index in [1.54, 1.807) is 4.57 Å². The molecule has 4 heteroatoms. The molecule has 100 valence electrons. The van der Waals surface area contributed by atoms with Gasteiger partial charge in [0, 0.05) is 24.0 Å². The highest BCUT2D eigenvalue weighted by Gasteiger charge is 2.10. The minimum atomic E-state index is -0.236. The summed E-state index contributed by atoms with van der Waals surface area (Å²) in [5.41, 5.74) is 9.78. The number of nitrogens with two attached hydrogens (primary N) is 1. The molecule has 0 saturated heterocycles. The Bertz CT molecular complexity index is 629. The second-order valence-electron chi connectivity index (χ2n) is 4.95. The average molecular weight is 257 g/mol. The van der Waals surface area contributed by atoms with Gasteiger partial charge in [0.15, 0.2) is 0 Å². The Morgan fingerprint density at radius 2 is 1.84 bits per heavy atom. The Hall–Kier alpha value is -1.94. The maximum Gasteiger partial charge on any atom is 0.348 e. The van der Waals surface area contributed by atoms with Crippen LogP contribution in [0.3, 0.4) is 0 Å². The molecule has 1 aromatic heterocycles. The molecule has 0 aliphatic rings. The topological polar surface area (TPSA) is 60.9 Å². The highest BCUT2D eigenvalue weighted by atomic mass is 16.1. The third-order valence-corrected chi connectivity index (χ3v) is 3.23. The van der Waals surface area contributed by atoms with Crippen LogP contribution >= 0.6 is 0 Å². The zero-order chi connectivity index (χ0) is 14.0. The van der Waals surface area contributed by atoms with E-state index in [0.717, 1.165) is 17.0 Å². The van der Waals surface area contributed by atoms with Crippen molar-refractivity contribution in [1.29, 1.82) is 0 Å². The van der Waals surface area contributed by atoms with E-state index in [1.807, 2.05) is 51.1 Å². The normalized spacial score (nSPS) is 12.4. The van der Waals surface area contributed by atoms with Gasteiger partial charge in [-0.25, -0.2) is 4.79 Å². The Kier molecular flexibility index (Phi) is 3.81. The van der Waals surface area contributed by atoms with Crippen LogP contribution in [0.25, 0.3) is 0 Å². The van der Waals surface area contributed by atoms with Crippen LogP contribution in [-0.4, -0.2) is 9.55 Å². The zero-order valence-electron chi connectivity index (χ0n) is 11.6. The molecule has 2 rings (SSSR count). The van der Waals surface area contributed by atoms with Gasteiger partial charge in [0.05, 0.1) is 0 Å². The van der Waals surface area contributed by atoms with Crippen LogP contribution in [0.15, 0.2) is 35.1 Å². The van der Waals surface area contributed by atoms with Gasteiger partial charge < -0.3 is 5.73 Å². The standard InChI is InChI=1S/C15H19N3O/c1-10-4-6-13(7-5-10)14(16)9-18-12(3)8-11(2)17-15(18)19/h4-8,14H,9,16H2,1-3H3. The molecule has 1 heterocycles. The average Bonchev–Trinajstić information content (AvgIpc) is 2.34. The van der Waals surface area contributed by atoms with Gasteiger partial charge in [0.25, 0.3) is 0 Å². The lowest BCUT2D eigenvalue weighted by Gasteiger charge is -2.16. The first kappa shape index (κ1) is 13.5. The molecule has 0 bridgehead atoms. The van der Waals surface area contributed by atoms with Crippen LogP contribution in [0, 0.1) is 20.8 Å². The lowest BCUT2D eigenvalue weighted by molar-refractivity contribution is 0.538. The molecule has 0 saturated carbocycles. The lowest BCUT2D eigenvalue weighted by Crippen LogP contribution is -2.30. The van der Waals surface area contributed by atoms with E-state index >= 15 is 0 Å². The highest BCUT2D eigenvalue weighted by Crippen LogP contribution is 2.13. The minimum absolute atomic E-state index is 0.207. The first-order valence-electron chi connectivity index (χ1n) is 6.34. The maximum atomic E-state index is 11.9. The van der Waals surface area contributed by atoms with Crippen molar-refractivity contribution in [1.82, 2.24) is 9.55 Å². The van der Waals surface area contributed by atoms with Crippen molar-refractivity contribution in [2.75, 3.05) is 0 Å². The molecule has 1 aromatic carbocycles. The van der Waals surface area contributed by atoms with Crippen molar-refractivity contribution in [2.45, 2.75) is 33.4 Å². The SMILES string of the molecule is Cc1ccc(C(N)Cn2c(C)cc(C)nc2=O)cc1. The monoisotopic (exact) mass is 257 g/mol. The van der Waals surface area contributed by atoms with Crippen LogP contribution < -0.4 is 11.4 Å². The van der Waals surface area contributed by atoms with Gasteiger partial charge >= 0.3 is 5.69 Å². The summed E-state index contributed by atoms with van der Waals surface area (Å²) < 4.78 is 1.62. The quantitative estimate of drug-likeness (QED) is 0.913.